The summed E-state index contributed by atoms with van der Waals surface area (Å²) in [6.45, 7) is 9.17. The molecular weight excluding hydrogens is 648 g/mol. The summed E-state index contributed by atoms with van der Waals surface area (Å²) in [6, 6.07) is 15.3. The van der Waals surface area contributed by atoms with E-state index in [2.05, 4.69) is 43.9 Å². The Kier molecular flexibility index (Phi) is 23.9. The van der Waals surface area contributed by atoms with Crippen molar-refractivity contribution in [3.05, 3.63) is 70.3 Å². The van der Waals surface area contributed by atoms with E-state index in [0.717, 1.165) is 5.69 Å². The molecule has 286 valence electrons. The Morgan fingerprint density at radius 2 is 1.10 bits per heavy atom. The molecule has 51 heavy (non-hydrogen) atoms. The highest BCUT2D eigenvalue weighted by Gasteiger charge is 2.09. The van der Waals surface area contributed by atoms with E-state index in [-0.39, 0.29) is 32.1 Å². The summed E-state index contributed by atoms with van der Waals surface area (Å²) in [5.41, 5.74) is 27.5. The van der Waals surface area contributed by atoms with E-state index in [1.54, 1.807) is 0 Å². The summed E-state index contributed by atoms with van der Waals surface area (Å²) < 4.78 is 10.3. The van der Waals surface area contributed by atoms with Gasteiger partial charge in [0.2, 0.25) is 0 Å². The molecule has 0 radical (unpaired) electrons. The molecule has 0 saturated carbocycles. The van der Waals surface area contributed by atoms with Gasteiger partial charge in [0.25, 0.3) is 5.69 Å². The average Bonchev–Trinajstić information content (AvgIpc) is 3.11. The van der Waals surface area contributed by atoms with Crippen molar-refractivity contribution in [1.29, 1.82) is 0 Å². The van der Waals surface area contributed by atoms with Crippen LogP contribution in [0, 0.1) is 17.0 Å². The molecule has 3 aromatic carbocycles. The van der Waals surface area contributed by atoms with E-state index in [1.165, 1.54) is 138 Å². The van der Waals surface area contributed by atoms with Crippen LogP contribution >= 0.6 is 0 Å². The smallest absolute Gasteiger partial charge is 0.269 e. The maximum Gasteiger partial charge on any atom is 0.269 e. The third-order valence-corrected chi connectivity index (χ3v) is 8.13. The maximum absolute atomic E-state index is 10.1. The van der Waals surface area contributed by atoms with Crippen LogP contribution in [0.1, 0.15) is 96.5 Å². The molecule has 12 nitrogen and oxygen atoms in total. The Labute approximate surface area is 305 Å². The molecule has 10 N–H and O–H groups in total. The predicted octanol–water partition coefficient (Wildman–Crippen LogP) is 7.87. The zero-order chi connectivity index (χ0) is 37.9. The summed E-state index contributed by atoms with van der Waals surface area (Å²) in [4.78, 5) is 12.2. The predicted molar refractivity (Wildman–Crippen MR) is 212 cm³/mol. The number of nitro benzene ring substituents is 1. The standard InChI is InChI=1S/C23H42N2.C10H16N2O4.C6H6N2O2/c1-4-6-8-10-12-14-18-25(19-15-13-11-9-7-5-2)22-16-17-23(24)21(3)20-22;11-7-6-10(16-4-2-14)8(12)5-9(7)15-3-1-13;7-5-1-3-6(4-2-5)8(9)10/h16-17,20H,4-15,18-19,24H2,1-3H3;5-6,13-14H,1-4,11-12H2;1-4H,7H2. The number of hydrogen-bond acceptors (Lipinski definition) is 11. The molecule has 0 spiro atoms. The molecule has 0 aromatic heterocycles. The number of aryl methyl sites for hydroxylation is 1. The number of benzene rings is 3. The quantitative estimate of drug-likeness (QED) is 0.0255. The molecule has 0 atom stereocenters. The molecule has 0 amide bonds. The van der Waals surface area contributed by atoms with Crippen LogP contribution in [0.2, 0.25) is 0 Å². The number of nitro groups is 1. The van der Waals surface area contributed by atoms with Crippen LogP contribution in [-0.4, -0.2) is 54.7 Å². The second kappa shape index (κ2) is 27.3. The van der Waals surface area contributed by atoms with Crippen LogP contribution in [0.15, 0.2) is 54.6 Å². The van der Waals surface area contributed by atoms with Crippen molar-refractivity contribution in [3.8, 4) is 11.5 Å². The number of anilines is 5. The van der Waals surface area contributed by atoms with Crippen molar-refractivity contribution in [2.45, 2.75) is 97.8 Å². The van der Waals surface area contributed by atoms with Gasteiger partial charge in [0.05, 0.1) is 29.5 Å². The lowest BCUT2D eigenvalue weighted by atomic mass is 10.1. The summed E-state index contributed by atoms with van der Waals surface area (Å²) >= 11 is 0. The highest BCUT2D eigenvalue weighted by atomic mass is 16.6. The maximum atomic E-state index is 10.1. The summed E-state index contributed by atoms with van der Waals surface area (Å²) in [5.74, 6) is 0.811. The lowest BCUT2D eigenvalue weighted by molar-refractivity contribution is -0.384. The van der Waals surface area contributed by atoms with E-state index < -0.39 is 4.92 Å². The van der Waals surface area contributed by atoms with Crippen LogP contribution in [-0.2, 0) is 0 Å². The van der Waals surface area contributed by atoms with Crippen LogP contribution in [0.5, 0.6) is 11.5 Å². The zero-order valence-corrected chi connectivity index (χ0v) is 31.2. The minimum atomic E-state index is -0.459. The average molecular weight is 713 g/mol. The molecule has 0 fully saturated rings. The SMILES string of the molecule is CCCCCCCCN(CCCCCCCC)c1ccc(N)c(C)c1.Nc1cc(OCCO)c(N)cc1OCCO.Nc1ccc([N+](=O)[O-])cc1. The van der Waals surface area contributed by atoms with Crippen molar-refractivity contribution >= 4 is 34.1 Å². The van der Waals surface area contributed by atoms with Gasteiger partial charge in [-0.3, -0.25) is 10.1 Å². The van der Waals surface area contributed by atoms with E-state index in [0.29, 0.717) is 28.6 Å². The molecule has 0 unspecified atom stereocenters. The molecule has 0 saturated heterocycles. The number of nitrogens with zero attached hydrogens (tertiary/aromatic N) is 2. The number of hydrogen-bond donors (Lipinski definition) is 6. The molecule has 12 heteroatoms. The largest absolute Gasteiger partial charge is 0.489 e. The third kappa shape index (κ3) is 19.5. The molecule has 0 aliphatic rings. The van der Waals surface area contributed by atoms with Crippen LogP contribution in [0.3, 0.4) is 0 Å². The first-order valence-electron chi connectivity index (χ1n) is 18.3. The fraction of sp³-hybridized carbons (Fsp3) is 0.538. The second-order valence-electron chi connectivity index (χ2n) is 12.5. The first kappa shape index (κ1) is 44.6. The minimum absolute atomic E-state index is 0.0641. The van der Waals surface area contributed by atoms with Gasteiger partial charge in [-0.15, -0.1) is 0 Å². The van der Waals surface area contributed by atoms with Gasteiger partial charge in [-0.25, -0.2) is 0 Å². The Bertz CT molecular complexity index is 1310. The first-order valence-corrected chi connectivity index (χ1v) is 18.3. The molecule has 3 rings (SSSR count). The summed E-state index contributed by atoms with van der Waals surface area (Å²) in [5, 5.41) is 27.3. The first-order chi connectivity index (χ1) is 24.6. The van der Waals surface area contributed by atoms with Gasteiger partial charge in [0.1, 0.15) is 24.7 Å². The Hall–Kier alpha value is -4.42. The van der Waals surface area contributed by atoms with Crippen molar-refractivity contribution in [1.82, 2.24) is 0 Å². The van der Waals surface area contributed by atoms with E-state index in [1.807, 2.05) is 0 Å². The van der Waals surface area contributed by atoms with Gasteiger partial charge in [0, 0.05) is 54.4 Å². The number of nitrogen functional groups attached to an aromatic ring is 4. The Balaban J connectivity index is 0.000000424. The van der Waals surface area contributed by atoms with Gasteiger partial charge in [-0.2, -0.15) is 0 Å². The Morgan fingerprint density at radius 3 is 1.51 bits per heavy atom. The monoisotopic (exact) mass is 712 g/mol. The number of unbranched alkanes of at least 4 members (excludes halogenated alkanes) is 10. The van der Waals surface area contributed by atoms with E-state index >= 15 is 0 Å². The van der Waals surface area contributed by atoms with Crippen molar-refractivity contribution in [2.24, 2.45) is 0 Å². The fourth-order valence-corrected chi connectivity index (χ4v) is 5.14. The van der Waals surface area contributed by atoms with Crippen LogP contribution < -0.4 is 37.3 Å². The van der Waals surface area contributed by atoms with Crippen molar-refractivity contribution in [2.75, 3.05) is 67.4 Å². The molecule has 0 aliphatic carbocycles. The number of ether oxygens (including phenoxy) is 2. The van der Waals surface area contributed by atoms with Gasteiger partial charge in [0.15, 0.2) is 0 Å². The lowest BCUT2D eigenvalue weighted by Gasteiger charge is -2.26. The number of aliphatic hydroxyl groups is 2. The molecule has 0 heterocycles. The van der Waals surface area contributed by atoms with Crippen LogP contribution in [0.4, 0.5) is 34.1 Å². The second-order valence-corrected chi connectivity index (χ2v) is 12.5. The van der Waals surface area contributed by atoms with Crippen molar-refractivity contribution in [3.63, 3.8) is 0 Å². The fourth-order valence-electron chi connectivity index (χ4n) is 5.14. The zero-order valence-electron chi connectivity index (χ0n) is 31.2. The van der Waals surface area contributed by atoms with E-state index in [4.69, 9.17) is 42.6 Å². The molecule has 0 aliphatic heterocycles. The summed E-state index contributed by atoms with van der Waals surface area (Å²) in [6.07, 6.45) is 16.3. The van der Waals surface area contributed by atoms with Crippen LogP contribution in [0.25, 0.3) is 0 Å². The summed E-state index contributed by atoms with van der Waals surface area (Å²) in [7, 11) is 0. The molecule has 3 aromatic rings. The third-order valence-electron chi connectivity index (χ3n) is 8.13. The number of aliphatic hydroxyl groups excluding tert-OH is 2. The molecule has 0 bridgehead atoms. The van der Waals surface area contributed by atoms with Gasteiger partial charge in [-0.05, 0) is 55.7 Å². The number of non-ortho nitro benzene ring substituents is 1. The lowest BCUT2D eigenvalue weighted by Crippen LogP contribution is -2.25. The van der Waals surface area contributed by atoms with Gasteiger partial charge in [-0.1, -0.05) is 78.1 Å². The van der Waals surface area contributed by atoms with Crippen molar-refractivity contribution < 1.29 is 24.6 Å². The van der Waals surface area contributed by atoms with Gasteiger partial charge >= 0.3 is 0 Å². The van der Waals surface area contributed by atoms with Gasteiger partial charge < -0.3 is 47.5 Å². The Morgan fingerprint density at radius 1 is 0.647 bits per heavy atom. The number of nitrogens with two attached hydrogens (primary N) is 4. The minimum Gasteiger partial charge on any atom is -0.489 e. The molecular formula is C39H64N6O6. The highest BCUT2D eigenvalue weighted by Crippen LogP contribution is 2.32. The highest BCUT2D eigenvalue weighted by molar-refractivity contribution is 5.67. The van der Waals surface area contributed by atoms with E-state index in [9.17, 15) is 10.1 Å². The normalized spacial score (nSPS) is 10.4. The number of rotatable bonds is 22. The topological polar surface area (TPSA) is 209 Å².